The molecule has 0 fully saturated rings. The molecular weight excluding hydrogens is 276 g/mol. The minimum absolute atomic E-state index is 0.00738. The Bertz CT molecular complexity index is 477. The van der Waals surface area contributed by atoms with Crippen molar-refractivity contribution in [1.29, 1.82) is 0 Å². The minimum Gasteiger partial charge on any atom is -0.466 e. The van der Waals surface area contributed by atoms with Crippen molar-refractivity contribution >= 4 is 11.8 Å². The van der Waals surface area contributed by atoms with Gasteiger partial charge in [0, 0.05) is 5.56 Å². The molecule has 0 aliphatic rings. The van der Waals surface area contributed by atoms with Crippen molar-refractivity contribution in [3.05, 3.63) is 42.0 Å². The second-order valence-corrected chi connectivity index (χ2v) is 4.15. The Hall–Kier alpha value is -1.85. The molecule has 1 aromatic carbocycles. The van der Waals surface area contributed by atoms with E-state index in [9.17, 15) is 22.4 Å². The van der Waals surface area contributed by atoms with Crippen LogP contribution in [0.3, 0.4) is 0 Å². The summed E-state index contributed by atoms with van der Waals surface area (Å²) in [5.74, 6) is -3.09. The van der Waals surface area contributed by atoms with E-state index < -0.39 is 30.3 Å². The summed E-state index contributed by atoms with van der Waals surface area (Å²) in [6.07, 6.45) is -5.82. The summed E-state index contributed by atoms with van der Waals surface area (Å²) in [5, 5.41) is 0. The molecule has 0 spiro atoms. The largest absolute Gasteiger partial charge is 0.466 e. The molecule has 1 aromatic rings. The van der Waals surface area contributed by atoms with E-state index in [1.165, 1.54) is 31.2 Å². The smallest absolute Gasteiger partial charge is 0.390 e. The van der Waals surface area contributed by atoms with Crippen molar-refractivity contribution in [2.24, 2.45) is 0 Å². The third kappa shape index (κ3) is 4.68. The first kappa shape index (κ1) is 16.2. The third-order valence-corrected chi connectivity index (χ3v) is 2.63. The molecule has 1 unspecified atom stereocenters. The molecule has 2 nitrogen and oxygen atoms in total. The fourth-order valence-corrected chi connectivity index (χ4v) is 1.71. The zero-order chi connectivity index (χ0) is 15.3. The Morgan fingerprint density at radius 2 is 1.85 bits per heavy atom. The average molecular weight is 290 g/mol. The van der Waals surface area contributed by atoms with Crippen molar-refractivity contribution in [2.45, 2.75) is 25.4 Å². The molecule has 0 aromatic heterocycles. The van der Waals surface area contributed by atoms with Crippen molar-refractivity contribution in [3.8, 4) is 0 Å². The fraction of sp³-hybridized carbons (Fsp3) is 0.357. The Morgan fingerprint density at radius 3 is 2.25 bits per heavy atom. The Morgan fingerprint density at radius 1 is 1.30 bits per heavy atom. The van der Waals surface area contributed by atoms with E-state index >= 15 is 0 Å². The van der Waals surface area contributed by atoms with E-state index in [4.69, 9.17) is 0 Å². The molecule has 0 radical (unpaired) electrons. The lowest BCUT2D eigenvalue weighted by Crippen LogP contribution is -2.22. The average Bonchev–Trinajstić information content (AvgIpc) is 2.35. The van der Waals surface area contributed by atoms with Gasteiger partial charge in [0.05, 0.1) is 18.9 Å². The highest BCUT2D eigenvalue weighted by molar-refractivity contribution is 5.78. The predicted octanol–water partition coefficient (Wildman–Crippen LogP) is 4.23. The quantitative estimate of drug-likeness (QED) is 0.599. The molecule has 1 rings (SSSR count). The van der Waals surface area contributed by atoms with Gasteiger partial charge in [-0.1, -0.05) is 30.8 Å². The Kier molecular flexibility index (Phi) is 5.30. The number of benzene rings is 1. The maximum Gasteiger partial charge on any atom is 0.390 e. The molecule has 0 amide bonds. The highest BCUT2D eigenvalue weighted by Crippen LogP contribution is 2.32. The number of carbonyl (C=O) groups excluding carboxylic acids is 1. The van der Waals surface area contributed by atoms with Gasteiger partial charge in [-0.3, -0.25) is 4.79 Å². The van der Waals surface area contributed by atoms with Crippen molar-refractivity contribution in [2.75, 3.05) is 6.61 Å². The highest BCUT2D eigenvalue weighted by atomic mass is 19.4. The molecule has 0 saturated carbocycles. The highest BCUT2D eigenvalue weighted by Gasteiger charge is 2.37. The topological polar surface area (TPSA) is 26.3 Å². The summed E-state index contributed by atoms with van der Waals surface area (Å²) in [4.78, 5) is 11.6. The predicted molar refractivity (Wildman–Crippen MR) is 66.6 cm³/mol. The van der Waals surface area contributed by atoms with Crippen molar-refractivity contribution < 1.29 is 27.1 Å². The Balaban J connectivity index is 3.03. The Labute approximate surface area is 114 Å². The zero-order valence-corrected chi connectivity index (χ0v) is 10.8. The normalized spacial score (nSPS) is 12.8. The summed E-state index contributed by atoms with van der Waals surface area (Å²) in [6, 6.07) is 5.10. The summed E-state index contributed by atoms with van der Waals surface area (Å²) in [5.41, 5.74) is 0.286. The molecule has 0 saturated heterocycles. The first-order valence-electron chi connectivity index (χ1n) is 5.92. The summed E-state index contributed by atoms with van der Waals surface area (Å²) >= 11 is 0. The molecule has 0 aliphatic carbocycles. The number of hydrogen-bond donors (Lipinski definition) is 0. The van der Waals surface area contributed by atoms with Crippen molar-refractivity contribution in [1.82, 2.24) is 0 Å². The molecule has 20 heavy (non-hydrogen) atoms. The SMILES string of the molecule is C=C(F)c1ccc(C(CC(F)(F)F)C(=O)OCC)cc1. The summed E-state index contributed by atoms with van der Waals surface area (Å²) < 4.78 is 55.1. The molecular formula is C14H14F4O2. The maximum absolute atomic E-state index is 12.9. The minimum atomic E-state index is -4.50. The van der Waals surface area contributed by atoms with Crippen LogP contribution in [0.1, 0.15) is 30.4 Å². The lowest BCUT2D eigenvalue weighted by molar-refractivity contribution is -0.161. The maximum atomic E-state index is 12.9. The van der Waals surface area contributed by atoms with Gasteiger partial charge in [0.1, 0.15) is 5.83 Å². The zero-order valence-electron chi connectivity index (χ0n) is 10.8. The van der Waals surface area contributed by atoms with Gasteiger partial charge in [-0.05, 0) is 12.5 Å². The summed E-state index contributed by atoms with van der Waals surface area (Å²) in [6.45, 7) is 4.59. The lowest BCUT2D eigenvalue weighted by Gasteiger charge is -2.18. The van der Waals surface area contributed by atoms with E-state index in [1.807, 2.05) is 0 Å². The van der Waals surface area contributed by atoms with Gasteiger partial charge >= 0.3 is 12.1 Å². The number of alkyl halides is 3. The van der Waals surface area contributed by atoms with E-state index in [0.717, 1.165) is 0 Å². The van der Waals surface area contributed by atoms with Gasteiger partial charge in [-0.15, -0.1) is 0 Å². The lowest BCUT2D eigenvalue weighted by atomic mass is 9.94. The van der Waals surface area contributed by atoms with Gasteiger partial charge in [0.2, 0.25) is 0 Å². The van der Waals surface area contributed by atoms with Crippen LogP contribution in [0.15, 0.2) is 30.8 Å². The number of esters is 1. The van der Waals surface area contributed by atoms with E-state index in [0.29, 0.717) is 0 Å². The van der Waals surface area contributed by atoms with Crippen LogP contribution in [0.2, 0.25) is 0 Å². The second-order valence-electron chi connectivity index (χ2n) is 4.15. The number of ether oxygens (including phenoxy) is 1. The number of rotatable bonds is 5. The third-order valence-electron chi connectivity index (χ3n) is 2.63. The van der Waals surface area contributed by atoms with Gasteiger partial charge in [0.25, 0.3) is 0 Å². The van der Waals surface area contributed by atoms with Gasteiger partial charge < -0.3 is 4.74 Å². The van der Waals surface area contributed by atoms with E-state index in [1.54, 1.807) is 0 Å². The fourth-order valence-electron chi connectivity index (χ4n) is 1.71. The van der Waals surface area contributed by atoms with Crippen LogP contribution in [0.25, 0.3) is 5.83 Å². The van der Waals surface area contributed by atoms with Crippen LogP contribution in [-0.2, 0) is 9.53 Å². The molecule has 0 N–H and O–H groups in total. The van der Waals surface area contributed by atoms with Gasteiger partial charge in [-0.2, -0.15) is 13.2 Å². The van der Waals surface area contributed by atoms with Gasteiger partial charge in [0.15, 0.2) is 0 Å². The van der Waals surface area contributed by atoms with Crippen LogP contribution in [0, 0.1) is 0 Å². The molecule has 110 valence electrons. The van der Waals surface area contributed by atoms with Gasteiger partial charge in [-0.25, -0.2) is 4.39 Å². The molecule has 6 heteroatoms. The van der Waals surface area contributed by atoms with E-state index in [-0.39, 0.29) is 17.7 Å². The van der Waals surface area contributed by atoms with Crippen LogP contribution >= 0.6 is 0 Å². The monoisotopic (exact) mass is 290 g/mol. The number of halogens is 4. The summed E-state index contributed by atoms with van der Waals surface area (Å²) in [7, 11) is 0. The van der Waals surface area contributed by atoms with Crippen LogP contribution < -0.4 is 0 Å². The van der Waals surface area contributed by atoms with E-state index in [2.05, 4.69) is 11.3 Å². The number of carbonyl (C=O) groups is 1. The first-order valence-corrected chi connectivity index (χ1v) is 5.92. The first-order chi connectivity index (χ1) is 9.24. The molecule has 0 bridgehead atoms. The molecule has 0 heterocycles. The second kappa shape index (κ2) is 6.54. The van der Waals surface area contributed by atoms with Crippen molar-refractivity contribution in [3.63, 3.8) is 0 Å². The standard InChI is InChI=1S/C14H14F4O2/c1-3-20-13(19)12(8-14(16,17)18)11-6-4-10(5-7-11)9(2)15/h4-7,12H,2-3,8H2,1H3. The number of hydrogen-bond acceptors (Lipinski definition) is 2. The molecule has 0 aliphatic heterocycles. The molecule has 1 atom stereocenters. The van der Waals surface area contributed by atoms with Crippen LogP contribution in [-0.4, -0.2) is 18.8 Å². The van der Waals surface area contributed by atoms with Crippen LogP contribution in [0.5, 0.6) is 0 Å². The van der Waals surface area contributed by atoms with Crippen LogP contribution in [0.4, 0.5) is 17.6 Å².